The van der Waals surface area contributed by atoms with Gasteiger partial charge >= 0.3 is 6.18 Å². The molecule has 0 aliphatic carbocycles. The second-order valence-electron chi connectivity index (χ2n) is 6.68. The number of anilines is 2. The Morgan fingerprint density at radius 3 is 2.43 bits per heavy atom. The van der Waals surface area contributed by atoms with E-state index in [0.717, 1.165) is 0 Å². The molecular weight excluding hydrogens is 419 g/mol. The zero-order valence-corrected chi connectivity index (χ0v) is 17.5. The van der Waals surface area contributed by atoms with Crippen molar-refractivity contribution in [2.45, 2.75) is 37.3 Å². The van der Waals surface area contributed by atoms with Crippen LogP contribution in [0.25, 0.3) is 0 Å². The van der Waals surface area contributed by atoms with Gasteiger partial charge in [0.2, 0.25) is 0 Å². The third kappa shape index (κ3) is 4.59. The van der Waals surface area contributed by atoms with E-state index < -0.39 is 44.5 Å². The van der Waals surface area contributed by atoms with Crippen LogP contribution in [0.15, 0.2) is 29.3 Å². The van der Waals surface area contributed by atoms with Crippen LogP contribution in [0.2, 0.25) is 0 Å². The number of carbonyl (C=O) groups excluding carboxylic acids is 1. The Morgan fingerprint density at radius 1 is 1.30 bits per heavy atom. The molecule has 0 saturated heterocycles. The topological polar surface area (TPSA) is 108 Å². The Balaban J connectivity index is 2.89. The molecule has 2 aromatic heterocycles. The first-order valence-corrected chi connectivity index (χ1v) is 10.1. The zero-order chi connectivity index (χ0) is 22.7. The van der Waals surface area contributed by atoms with Gasteiger partial charge in [0.25, 0.3) is 5.91 Å². The van der Waals surface area contributed by atoms with E-state index in [-0.39, 0.29) is 23.0 Å². The van der Waals surface area contributed by atoms with E-state index in [1.807, 2.05) is 0 Å². The maximum absolute atomic E-state index is 14.1. The van der Waals surface area contributed by atoms with Crippen LogP contribution >= 0.6 is 0 Å². The molecular formula is C19H20F3N5O2S. The van der Waals surface area contributed by atoms with Crippen molar-refractivity contribution >= 4 is 28.2 Å². The van der Waals surface area contributed by atoms with Gasteiger partial charge in [-0.2, -0.15) is 18.4 Å². The summed E-state index contributed by atoms with van der Waals surface area (Å²) in [6.07, 6.45) is -3.61. The molecule has 2 aromatic rings. The highest BCUT2D eigenvalue weighted by atomic mass is 32.2. The molecule has 1 amide bonds. The fourth-order valence-electron chi connectivity index (χ4n) is 2.68. The molecule has 0 spiro atoms. The highest BCUT2D eigenvalue weighted by molar-refractivity contribution is 7.85. The lowest BCUT2D eigenvalue weighted by atomic mass is 9.87. The summed E-state index contributed by atoms with van der Waals surface area (Å²) in [5.74, 6) is -1.07. The zero-order valence-electron chi connectivity index (χ0n) is 16.7. The Bertz CT molecular complexity index is 1020. The third-order valence-electron chi connectivity index (χ3n) is 4.17. The molecule has 0 aliphatic rings. The number of nitriles is 1. The molecule has 160 valence electrons. The second kappa shape index (κ2) is 8.79. The minimum Gasteiger partial charge on any atom is -0.371 e. The molecule has 0 fully saturated rings. The number of nitrogens with one attached hydrogen (secondary N) is 2. The van der Waals surface area contributed by atoms with Gasteiger partial charge in [-0.25, -0.2) is 4.98 Å². The van der Waals surface area contributed by atoms with Crippen LogP contribution in [-0.4, -0.2) is 32.9 Å². The summed E-state index contributed by atoms with van der Waals surface area (Å²) in [7, 11) is -0.740. The molecule has 2 heterocycles. The molecule has 2 N–H and O–H groups in total. The summed E-state index contributed by atoms with van der Waals surface area (Å²) in [5.41, 5.74) is -3.90. The number of alkyl halides is 3. The molecule has 11 heteroatoms. The minimum atomic E-state index is -4.96. The van der Waals surface area contributed by atoms with E-state index in [1.165, 1.54) is 40.1 Å². The minimum absolute atomic E-state index is 0.0391. The first-order valence-electron chi connectivity index (χ1n) is 8.83. The third-order valence-corrected chi connectivity index (χ3v) is 5.56. The number of amides is 1. The lowest BCUT2D eigenvalue weighted by Gasteiger charge is -2.26. The summed E-state index contributed by atoms with van der Waals surface area (Å²) in [5, 5.41) is 14.4. The number of aromatic nitrogens is 2. The van der Waals surface area contributed by atoms with Gasteiger partial charge in [0, 0.05) is 19.0 Å². The van der Waals surface area contributed by atoms with Crippen LogP contribution < -0.4 is 10.6 Å². The van der Waals surface area contributed by atoms with Crippen LogP contribution in [0.4, 0.5) is 24.7 Å². The van der Waals surface area contributed by atoms with Gasteiger partial charge in [0.1, 0.15) is 11.4 Å². The van der Waals surface area contributed by atoms with Crippen molar-refractivity contribution in [1.82, 2.24) is 9.97 Å². The van der Waals surface area contributed by atoms with Gasteiger partial charge < -0.3 is 10.6 Å². The van der Waals surface area contributed by atoms with Crippen molar-refractivity contribution in [2.24, 2.45) is 0 Å². The van der Waals surface area contributed by atoms with Crippen molar-refractivity contribution in [3.63, 3.8) is 0 Å². The molecule has 0 radical (unpaired) electrons. The van der Waals surface area contributed by atoms with Crippen molar-refractivity contribution in [1.29, 1.82) is 5.26 Å². The smallest absolute Gasteiger partial charge is 0.371 e. The fraction of sp³-hybridized carbons (Fsp3) is 0.368. The first-order chi connectivity index (χ1) is 14.0. The van der Waals surface area contributed by atoms with E-state index >= 15 is 0 Å². The lowest BCUT2D eigenvalue weighted by molar-refractivity contribution is -0.141. The molecule has 1 unspecified atom stereocenters. The summed E-state index contributed by atoms with van der Waals surface area (Å²) in [4.78, 5) is 19.8. The van der Waals surface area contributed by atoms with Crippen molar-refractivity contribution in [3.05, 3.63) is 41.3 Å². The highest BCUT2D eigenvalue weighted by Gasteiger charge is 2.45. The summed E-state index contributed by atoms with van der Waals surface area (Å²) < 4.78 is 55.1. The average Bonchev–Trinajstić information content (AvgIpc) is 2.72. The largest absolute Gasteiger partial charge is 0.419 e. The molecule has 0 aromatic carbocycles. The normalized spacial score (nSPS) is 12.7. The van der Waals surface area contributed by atoms with Crippen LogP contribution in [0.5, 0.6) is 0 Å². The van der Waals surface area contributed by atoms with Crippen LogP contribution in [0, 0.1) is 11.3 Å². The van der Waals surface area contributed by atoms with Gasteiger partial charge in [0.05, 0.1) is 38.4 Å². The van der Waals surface area contributed by atoms with Gasteiger partial charge in [-0.15, -0.1) is 0 Å². The molecule has 0 saturated carbocycles. The Hall–Kier alpha value is -3.00. The number of carbonyl (C=O) groups is 1. The summed E-state index contributed by atoms with van der Waals surface area (Å²) in [6.45, 7) is 4.03. The molecule has 7 nitrogen and oxygen atoms in total. The van der Waals surface area contributed by atoms with E-state index in [2.05, 4.69) is 20.6 Å². The number of hydrogen-bond acceptors (Lipinski definition) is 6. The predicted molar refractivity (Wildman–Crippen MR) is 107 cm³/mol. The van der Waals surface area contributed by atoms with E-state index in [0.29, 0.717) is 0 Å². The van der Waals surface area contributed by atoms with Crippen molar-refractivity contribution in [3.8, 4) is 6.07 Å². The van der Waals surface area contributed by atoms with E-state index in [4.69, 9.17) is 0 Å². The summed E-state index contributed by atoms with van der Waals surface area (Å²) in [6, 6.07) is 6.31. The standard InChI is InChI=1S/C19H20F3N5O2S/c1-5-30(29)14-12(19(20,21)22)15(18(2,3)10-23)27-16(24-4)13(14)26-17(28)11-8-6-7-9-25-11/h6-9H,5H2,1-4H3,(H,24,27)(H,26,28). The molecule has 0 aliphatic heterocycles. The van der Waals surface area contributed by atoms with Gasteiger partial charge in [-0.05, 0) is 26.0 Å². The fourth-order valence-corrected chi connectivity index (χ4v) is 3.78. The van der Waals surface area contributed by atoms with Crippen molar-refractivity contribution < 1.29 is 22.2 Å². The van der Waals surface area contributed by atoms with Crippen LogP contribution in [0.1, 0.15) is 42.5 Å². The predicted octanol–water partition coefficient (Wildman–Crippen LogP) is 3.72. The van der Waals surface area contributed by atoms with Crippen LogP contribution in [-0.2, 0) is 22.4 Å². The Kier molecular flexibility index (Phi) is 6.82. The SMILES string of the molecule is CCS(=O)c1c(NC(=O)c2ccccn2)c(NC)nc(C(C)(C)C#N)c1C(F)(F)F. The van der Waals surface area contributed by atoms with E-state index in [1.54, 1.807) is 18.2 Å². The van der Waals surface area contributed by atoms with Gasteiger partial charge in [-0.3, -0.25) is 14.0 Å². The average molecular weight is 439 g/mol. The van der Waals surface area contributed by atoms with Crippen molar-refractivity contribution in [2.75, 3.05) is 23.4 Å². The Labute approximate surface area is 174 Å². The second-order valence-corrected chi connectivity index (χ2v) is 8.35. The lowest BCUT2D eigenvalue weighted by Crippen LogP contribution is -2.28. The molecule has 2 rings (SSSR count). The Morgan fingerprint density at radius 2 is 1.97 bits per heavy atom. The summed E-state index contributed by atoms with van der Waals surface area (Å²) >= 11 is 0. The quantitative estimate of drug-likeness (QED) is 0.710. The number of hydrogen-bond donors (Lipinski definition) is 2. The molecule has 30 heavy (non-hydrogen) atoms. The highest BCUT2D eigenvalue weighted by Crippen LogP contribution is 2.45. The number of nitrogens with zero attached hydrogens (tertiary/aromatic N) is 3. The van der Waals surface area contributed by atoms with Crippen LogP contribution in [0.3, 0.4) is 0 Å². The maximum Gasteiger partial charge on any atom is 0.419 e. The molecule has 0 bridgehead atoms. The number of rotatable bonds is 6. The van der Waals surface area contributed by atoms with E-state index in [9.17, 15) is 27.4 Å². The molecule has 1 atom stereocenters. The number of halogens is 3. The first kappa shape index (κ1) is 23.3. The monoisotopic (exact) mass is 439 g/mol. The van der Waals surface area contributed by atoms with Gasteiger partial charge in [-0.1, -0.05) is 13.0 Å². The maximum atomic E-state index is 14.1. The number of pyridine rings is 2. The van der Waals surface area contributed by atoms with Gasteiger partial charge in [0.15, 0.2) is 5.82 Å².